The van der Waals surface area contributed by atoms with Crippen molar-refractivity contribution >= 4 is 58.8 Å². The number of ether oxygens (including phenoxy) is 4. The molecule has 79 heavy (non-hydrogen) atoms. The number of amides is 2. The minimum absolute atomic E-state index is 0.0152. The zero-order valence-corrected chi connectivity index (χ0v) is 47.3. The van der Waals surface area contributed by atoms with E-state index in [1.54, 1.807) is 135 Å². The summed E-state index contributed by atoms with van der Waals surface area (Å²) in [6, 6.07) is 41.6. The van der Waals surface area contributed by atoms with Gasteiger partial charge in [0.05, 0.1) is 0 Å². The van der Waals surface area contributed by atoms with Crippen LogP contribution >= 0.6 is 23.5 Å². The summed E-state index contributed by atoms with van der Waals surface area (Å²) in [5, 5.41) is 0. The van der Waals surface area contributed by atoms with E-state index in [9.17, 15) is 33.2 Å². The van der Waals surface area contributed by atoms with Crippen LogP contribution in [0.5, 0.6) is 23.0 Å². The smallest absolute Gasteiger partial charge is 0.415 e. The van der Waals surface area contributed by atoms with Crippen molar-refractivity contribution in [3.8, 4) is 23.0 Å². The van der Waals surface area contributed by atoms with Crippen molar-refractivity contribution in [2.24, 2.45) is 23.7 Å². The van der Waals surface area contributed by atoms with E-state index in [-0.39, 0.29) is 72.5 Å². The van der Waals surface area contributed by atoms with Crippen LogP contribution in [0.25, 0.3) is 0 Å². The average molecular weight is 1110 g/mol. The third kappa shape index (κ3) is 15.7. The number of carbonyl (C=O) groups excluding carboxylic acids is 6. The Kier molecular flexibility index (Phi) is 20.0. The zero-order chi connectivity index (χ0) is 57.0. The Morgan fingerprint density at radius 2 is 1.00 bits per heavy atom. The number of rotatable bonds is 19. The number of hydrogen-bond donors (Lipinski definition) is 0. The Labute approximate surface area is 469 Å². The molecule has 2 aliphatic rings. The first-order valence-corrected chi connectivity index (χ1v) is 28.5. The summed E-state index contributed by atoms with van der Waals surface area (Å²) in [6.45, 7) is 10.3. The van der Waals surface area contributed by atoms with Crippen molar-refractivity contribution in [1.82, 2.24) is 9.80 Å². The molecule has 6 aromatic carbocycles. The van der Waals surface area contributed by atoms with E-state index in [0.717, 1.165) is 15.4 Å². The Balaban J connectivity index is 0.000000229. The summed E-state index contributed by atoms with van der Waals surface area (Å²) in [4.78, 5) is 81.9. The topological polar surface area (TPSA) is 146 Å². The fraction of sp³-hybridized carbons (Fsp3) is 0.333. The van der Waals surface area contributed by atoms with Crippen LogP contribution in [0.1, 0.15) is 79.8 Å². The molecule has 2 amide bonds. The number of likely N-dealkylation sites (tertiary alicyclic amines) is 2. The molecule has 414 valence electrons. The van der Waals surface area contributed by atoms with Gasteiger partial charge in [0, 0.05) is 65.0 Å². The van der Waals surface area contributed by atoms with Crippen LogP contribution in [-0.2, 0) is 22.4 Å². The number of benzene rings is 6. The van der Waals surface area contributed by atoms with E-state index in [2.05, 4.69) is 0 Å². The summed E-state index contributed by atoms with van der Waals surface area (Å²) in [5.74, 6) is -1.80. The third-order valence-electron chi connectivity index (χ3n) is 14.5. The van der Waals surface area contributed by atoms with Gasteiger partial charge in [0.2, 0.25) is 0 Å². The standard InChI is InChI=1S/C32H34FNO5S.C31H32FNO5S/c1-21(35)32(2,3)39-29-17-11-22(18-28(29)33)10-12-24-19-34(31(37)38-25-8-6-5-7-9-25)20-27(24)30(36)23-13-15-26(40-4)16-14-23;1-20(34)31(2,3)38-25-13-10-22(28(32)17-25)16-23-18-33(30(36)37-24-8-6-5-7-9-24)19-27(23)29(35)21-11-14-26(39-4)15-12-21/h5-9,11,13-18,24,27H,10,12,19-20H2,1-4H3;5-15,17,23,27H,16,18-19H2,1-4H3. The number of aryl methyl sites for hydroxylation is 1. The molecule has 4 atom stereocenters. The lowest BCUT2D eigenvalue weighted by atomic mass is 9.84. The Morgan fingerprint density at radius 3 is 1.46 bits per heavy atom. The van der Waals surface area contributed by atoms with Crippen LogP contribution in [0.3, 0.4) is 0 Å². The molecule has 0 aliphatic carbocycles. The van der Waals surface area contributed by atoms with Crippen LogP contribution in [0.4, 0.5) is 18.4 Å². The minimum Gasteiger partial charge on any atom is -0.480 e. The first kappa shape index (κ1) is 59.4. The molecule has 6 aromatic rings. The van der Waals surface area contributed by atoms with E-state index >= 15 is 4.39 Å². The highest BCUT2D eigenvalue weighted by Crippen LogP contribution is 2.35. The summed E-state index contributed by atoms with van der Waals surface area (Å²) in [5.41, 5.74) is 0.0881. The molecule has 2 saturated heterocycles. The van der Waals surface area contributed by atoms with Crippen LogP contribution in [0.15, 0.2) is 155 Å². The SMILES string of the molecule is CSc1ccc(C(=O)C2CN(C(=O)Oc3ccccc3)CC2CCc2ccc(OC(C)(C)C(C)=O)c(F)c2)cc1.CSc1ccc(C(=O)C2CN(C(=O)Oc3ccccc3)CC2Cc2ccc(OC(C)(C)C(C)=O)cc2F)cc1. The van der Waals surface area contributed by atoms with Gasteiger partial charge in [-0.2, -0.15) is 0 Å². The maximum absolute atomic E-state index is 15.2. The van der Waals surface area contributed by atoms with E-state index < -0.39 is 46.9 Å². The van der Waals surface area contributed by atoms with Gasteiger partial charge in [0.25, 0.3) is 0 Å². The fourth-order valence-corrected chi connectivity index (χ4v) is 10.1. The Morgan fingerprint density at radius 1 is 0.532 bits per heavy atom. The normalized spacial score (nSPS) is 17.0. The van der Waals surface area contributed by atoms with Gasteiger partial charge in [-0.25, -0.2) is 18.4 Å². The largest absolute Gasteiger partial charge is 0.480 e. The van der Waals surface area contributed by atoms with Gasteiger partial charge >= 0.3 is 12.2 Å². The quantitative estimate of drug-likeness (QED) is 0.0562. The summed E-state index contributed by atoms with van der Waals surface area (Å²) < 4.78 is 52.4. The summed E-state index contributed by atoms with van der Waals surface area (Å²) in [7, 11) is 0. The molecule has 2 fully saturated rings. The van der Waals surface area contributed by atoms with Crippen molar-refractivity contribution in [2.45, 2.75) is 81.8 Å². The van der Waals surface area contributed by atoms with Gasteiger partial charge in [-0.15, -0.1) is 23.5 Å². The predicted molar refractivity (Wildman–Crippen MR) is 303 cm³/mol. The van der Waals surface area contributed by atoms with Gasteiger partial charge in [0.15, 0.2) is 45.9 Å². The van der Waals surface area contributed by atoms with Crippen LogP contribution < -0.4 is 18.9 Å². The van der Waals surface area contributed by atoms with E-state index in [1.165, 1.54) is 36.9 Å². The predicted octanol–water partition coefficient (Wildman–Crippen LogP) is 13.3. The van der Waals surface area contributed by atoms with Crippen LogP contribution in [0, 0.1) is 35.3 Å². The number of ketones is 4. The van der Waals surface area contributed by atoms with Crippen molar-refractivity contribution in [3.05, 3.63) is 179 Å². The second kappa shape index (κ2) is 26.6. The highest BCUT2D eigenvalue weighted by Gasteiger charge is 2.42. The minimum atomic E-state index is -1.13. The lowest BCUT2D eigenvalue weighted by Crippen LogP contribution is -2.36. The molecule has 0 bridgehead atoms. The average Bonchev–Trinajstić information content (AvgIpc) is 4.10. The van der Waals surface area contributed by atoms with Crippen molar-refractivity contribution in [3.63, 3.8) is 0 Å². The van der Waals surface area contributed by atoms with Gasteiger partial charge in [-0.3, -0.25) is 19.2 Å². The second-order valence-electron chi connectivity index (χ2n) is 20.7. The Hall–Kier alpha value is -7.30. The first-order valence-electron chi connectivity index (χ1n) is 26.0. The van der Waals surface area contributed by atoms with E-state index in [0.29, 0.717) is 47.6 Å². The first-order chi connectivity index (χ1) is 37.6. The number of thioether (sulfide) groups is 2. The van der Waals surface area contributed by atoms with E-state index in [1.807, 2.05) is 61.0 Å². The van der Waals surface area contributed by atoms with Crippen molar-refractivity contribution in [2.75, 3.05) is 38.7 Å². The molecule has 0 aromatic heterocycles. The molecule has 0 radical (unpaired) electrons. The fourth-order valence-electron chi connectivity index (χ4n) is 9.27. The van der Waals surface area contributed by atoms with E-state index in [4.69, 9.17) is 18.9 Å². The number of para-hydroxylation sites is 2. The number of Topliss-reactive ketones (excluding diaryl/α,β-unsaturated/α-hetero) is 4. The number of carbonyl (C=O) groups is 6. The van der Waals surface area contributed by atoms with Gasteiger partial charge in [0.1, 0.15) is 23.1 Å². The molecular weight excluding hydrogens is 1050 g/mol. The molecule has 4 unspecified atom stereocenters. The summed E-state index contributed by atoms with van der Waals surface area (Å²) >= 11 is 3.19. The van der Waals surface area contributed by atoms with Gasteiger partial charge < -0.3 is 28.7 Å². The summed E-state index contributed by atoms with van der Waals surface area (Å²) in [6.07, 6.45) is 4.23. The molecule has 12 nitrogen and oxygen atoms in total. The highest BCUT2D eigenvalue weighted by atomic mass is 32.2. The lowest BCUT2D eigenvalue weighted by Gasteiger charge is -2.24. The highest BCUT2D eigenvalue weighted by molar-refractivity contribution is 7.98. The molecule has 0 saturated carbocycles. The third-order valence-corrected chi connectivity index (χ3v) is 15.9. The molecule has 0 N–H and O–H groups in total. The second-order valence-corrected chi connectivity index (χ2v) is 22.4. The maximum atomic E-state index is 15.2. The lowest BCUT2D eigenvalue weighted by molar-refractivity contribution is -0.130. The number of halogens is 2. The molecule has 8 rings (SSSR count). The monoisotopic (exact) mass is 1110 g/mol. The molecule has 2 heterocycles. The Bertz CT molecular complexity index is 3120. The maximum Gasteiger partial charge on any atom is 0.415 e. The van der Waals surface area contributed by atoms with Crippen LogP contribution in [-0.4, -0.2) is 95.0 Å². The van der Waals surface area contributed by atoms with Crippen molar-refractivity contribution in [1.29, 1.82) is 0 Å². The van der Waals surface area contributed by atoms with Gasteiger partial charge in [-0.05, 0) is 163 Å². The van der Waals surface area contributed by atoms with Crippen LogP contribution in [0.2, 0.25) is 0 Å². The van der Waals surface area contributed by atoms with Crippen molar-refractivity contribution < 1.29 is 56.5 Å². The zero-order valence-electron chi connectivity index (χ0n) is 45.7. The number of nitrogens with zero attached hydrogens (tertiary/aromatic N) is 2. The molecule has 0 spiro atoms. The number of hydrogen-bond acceptors (Lipinski definition) is 12. The molecular formula is C63H66F2N2O10S2. The molecule has 16 heteroatoms. The molecule has 2 aliphatic heterocycles. The van der Waals surface area contributed by atoms with Gasteiger partial charge in [-0.1, -0.05) is 72.8 Å².